The molecule has 0 radical (unpaired) electrons. The lowest BCUT2D eigenvalue weighted by Gasteiger charge is -2.29. The number of rotatable bonds is 3. The largest absolute Gasteiger partial charge is 0.381 e. The number of ether oxygens (including phenoxy) is 1. The van der Waals surface area contributed by atoms with Crippen molar-refractivity contribution in [2.24, 2.45) is 5.73 Å². The van der Waals surface area contributed by atoms with Crippen LogP contribution in [0.5, 0.6) is 0 Å². The molecule has 0 unspecified atom stereocenters. The summed E-state index contributed by atoms with van der Waals surface area (Å²) in [6.07, 6.45) is 1.47. The van der Waals surface area contributed by atoms with Crippen LogP contribution in [-0.2, 0) is 16.8 Å². The molecule has 0 aliphatic carbocycles. The average Bonchev–Trinajstić information content (AvgIpc) is 2.67. The monoisotopic (exact) mass is 226 g/mol. The van der Waals surface area contributed by atoms with Crippen molar-refractivity contribution < 1.29 is 9.26 Å². The molecule has 1 aromatic rings. The molecule has 6 nitrogen and oxygen atoms in total. The van der Waals surface area contributed by atoms with Gasteiger partial charge in [-0.15, -0.1) is 0 Å². The average molecular weight is 226 g/mol. The molecule has 1 aliphatic heterocycles. The van der Waals surface area contributed by atoms with Gasteiger partial charge in [-0.1, -0.05) is 5.16 Å². The lowest BCUT2D eigenvalue weighted by atomic mass is 9.91. The highest BCUT2D eigenvalue weighted by molar-refractivity contribution is 5.03. The Balaban J connectivity index is 2.10. The summed E-state index contributed by atoms with van der Waals surface area (Å²) in [6.45, 7) is 1.97. The van der Waals surface area contributed by atoms with E-state index in [9.17, 15) is 0 Å². The van der Waals surface area contributed by atoms with Gasteiger partial charge < -0.3 is 19.9 Å². The van der Waals surface area contributed by atoms with Crippen LogP contribution in [0.4, 0.5) is 0 Å². The SMILES string of the molecule is CN(C)Cc1noc(C2(N)CCOCC2)n1. The summed E-state index contributed by atoms with van der Waals surface area (Å²) in [5.74, 6) is 1.21. The first-order valence-electron chi connectivity index (χ1n) is 5.44. The van der Waals surface area contributed by atoms with Gasteiger partial charge in [-0.05, 0) is 26.9 Å². The van der Waals surface area contributed by atoms with Crippen LogP contribution in [0.3, 0.4) is 0 Å². The lowest BCUT2D eigenvalue weighted by molar-refractivity contribution is 0.0400. The quantitative estimate of drug-likeness (QED) is 0.787. The molecule has 1 fully saturated rings. The molecule has 1 aromatic heterocycles. The summed E-state index contributed by atoms with van der Waals surface area (Å²) in [5, 5.41) is 3.93. The molecule has 1 saturated heterocycles. The van der Waals surface area contributed by atoms with Crippen molar-refractivity contribution in [1.29, 1.82) is 0 Å². The van der Waals surface area contributed by atoms with E-state index in [0.29, 0.717) is 31.5 Å². The Labute approximate surface area is 94.7 Å². The molecule has 0 amide bonds. The van der Waals surface area contributed by atoms with Gasteiger partial charge >= 0.3 is 0 Å². The van der Waals surface area contributed by atoms with Gasteiger partial charge in [0.25, 0.3) is 0 Å². The second kappa shape index (κ2) is 4.48. The summed E-state index contributed by atoms with van der Waals surface area (Å²) in [6, 6.07) is 0. The maximum absolute atomic E-state index is 6.23. The molecule has 0 saturated carbocycles. The van der Waals surface area contributed by atoms with Gasteiger partial charge in [0.2, 0.25) is 5.89 Å². The first-order valence-corrected chi connectivity index (χ1v) is 5.44. The zero-order valence-electron chi connectivity index (χ0n) is 9.77. The fourth-order valence-corrected chi connectivity index (χ4v) is 1.75. The van der Waals surface area contributed by atoms with E-state index < -0.39 is 5.54 Å². The number of aromatic nitrogens is 2. The minimum atomic E-state index is -0.504. The normalized spacial score (nSPS) is 20.2. The number of nitrogens with two attached hydrogens (primary N) is 1. The predicted octanol–water partition coefficient (Wildman–Crippen LogP) is 0.0956. The molecule has 0 aromatic carbocycles. The van der Waals surface area contributed by atoms with Crippen molar-refractivity contribution >= 4 is 0 Å². The Bertz CT molecular complexity index is 344. The molecule has 2 N–H and O–H groups in total. The Morgan fingerprint density at radius 2 is 2.06 bits per heavy atom. The third-order valence-corrected chi connectivity index (χ3v) is 2.74. The van der Waals surface area contributed by atoms with Crippen LogP contribution >= 0.6 is 0 Å². The van der Waals surface area contributed by atoms with E-state index in [0.717, 1.165) is 12.8 Å². The van der Waals surface area contributed by atoms with Crippen molar-refractivity contribution in [3.05, 3.63) is 11.7 Å². The predicted molar refractivity (Wildman–Crippen MR) is 57.6 cm³/mol. The molecule has 0 spiro atoms. The molecule has 0 bridgehead atoms. The fourth-order valence-electron chi connectivity index (χ4n) is 1.75. The molecule has 1 aliphatic rings. The van der Waals surface area contributed by atoms with E-state index in [4.69, 9.17) is 15.0 Å². The second-order valence-corrected chi connectivity index (χ2v) is 4.52. The van der Waals surface area contributed by atoms with Gasteiger partial charge in [-0.2, -0.15) is 4.98 Å². The maximum atomic E-state index is 6.23. The van der Waals surface area contributed by atoms with Gasteiger partial charge in [0.15, 0.2) is 5.82 Å². The van der Waals surface area contributed by atoms with E-state index >= 15 is 0 Å². The summed E-state index contributed by atoms with van der Waals surface area (Å²) < 4.78 is 10.5. The summed E-state index contributed by atoms with van der Waals surface area (Å²) in [4.78, 5) is 6.33. The van der Waals surface area contributed by atoms with Crippen LogP contribution in [-0.4, -0.2) is 42.3 Å². The topological polar surface area (TPSA) is 77.4 Å². The maximum Gasteiger partial charge on any atom is 0.246 e. The Morgan fingerprint density at radius 1 is 1.38 bits per heavy atom. The minimum Gasteiger partial charge on any atom is -0.381 e. The standard InChI is InChI=1S/C10H18N4O2/c1-14(2)7-8-12-9(16-13-8)10(11)3-5-15-6-4-10/h3-7,11H2,1-2H3. The third-order valence-electron chi connectivity index (χ3n) is 2.74. The molecule has 0 atom stereocenters. The highest BCUT2D eigenvalue weighted by Gasteiger charge is 2.35. The molecule has 2 rings (SSSR count). The first-order chi connectivity index (χ1) is 7.60. The number of hydrogen-bond acceptors (Lipinski definition) is 6. The Kier molecular flexibility index (Phi) is 3.22. The van der Waals surface area contributed by atoms with E-state index in [1.54, 1.807) is 0 Å². The van der Waals surface area contributed by atoms with E-state index in [2.05, 4.69) is 10.1 Å². The van der Waals surface area contributed by atoms with Crippen LogP contribution in [0.2, 0.25) is 0 Å². The Hall–Kier alpha value is -0.980. The van der Waals surface area contributed by atoms with E-state index in [-0.39, 0.29) is 0 Å². The van der Waals surface area contributed by atoms with Crippen molar-refractivity contribution in [2.45, 2.75) is 24.9 Å². The fraction of sp³-hybridized carbons (Fsp3) is 0.800. The molecular weight excluding hydrogens is 208 g/mol. The molecule has 6 heteroatoms. The van der Waals surface area contributed by atoms with Gasteiger partial charge in [0.05, 0.1) is 6.54 Å². The van der Waals surface area contributed by atoms with Crippen molar-refractivity contribution in [3.63, 3.8) is 0 Å². The van der Waals surface area contributed by atoms with E-state index in [1.807, 2.05) is 19.0 Å². The van der Waals surface area contributed by atoms with Crippen molar-refractivity contribution in [2.75, 3.05) is 27.3 Å². The molecule has 2 heterocycles. The highest BCUT2D eigenvalue weighted by atomic mass is 16.5. The minimum absolute atomic E-state index is 0.504. The first kappa shape index (κ1) is 11.5. The molecule has 90 valence electrons. The van der Waals surface area contributed by atoms with Crippen molar-refractivity contribution in [3.8, 4) is 0 Å². The second-order valence-electron chi connectivity index (χ2n) is 4.52. The van der Waals surface area contributed by atoms with Crippen LogP contribution in [0.1, 0.15) is 24.6 Å². The zero-order valence-corrected chi connectivity index (χ0v) is 9.77. The highest BCUT2D eigenvalue weighted by Crippen LogP contribution is 2.27. The smallest absolute Gasteiger partial charge is 0.246 e. The zero-order chi connectivity index (χ0) is 11.6. The van der Waals surface area contributed by atoms with Gasteiger partial charge in [0.1, 0.15) is 5.54 Å². The summed E-state index contributed by atoms with van der Waals surface area (Å²) in [7, 11) is 3.92. The summed E-state index contributed by atoms with van der Waals surface area (Å²) >= 11 is 0. The van der Waals surface area contributed by atoms with Crippen LogP contribution in [0.15, 0.2) is 4.52 Å². The van der Waals surface area contributed by atoms with Crippen LogP contribution in [0.25, 0.3) is 0 Å². The summed E-state index contributed by atoms with van der Waals surface area (Å²) in [5.41, 5.74) is 5.73. The number of hydrogen-bond donors (Lipinski definition) is 1. The third kappa shape index (κ3) is 2.40. The van der Waals surface area contributed by atoms with Gasteiger partial charge in [-0.3, -0.25) is 0 Å². The number of nitrogens with zero attached hydrogens (tertiary/aromatic N) is 3. The van der Waals surface area contributed by atoms with Crippen molar-refractivity contribution in [1.82, 2.24) is 15.0 Å². The molecular formula is C10H18N4O2. The Morgan fingerprint density at radius 3 is 2.69 bits per heavy atom. The van der Waals surface area contributed by atoms with Crippen LogP contribution < -0.4 is 5.73 Å². The lowest BCUT2D eigenvalue weighted by Crippen LogP contribution is -2.42. The van der Waals surface area contributed by atoms with Gasteiger partial charge in [0, 0.05) is 13.2 Å². The van der Waals surface area contributed by atoms with E-state index in [1.165, 1.54) is 0 Å². The van der Waals surface area contributed by atoms with Crippen LogP contribution in [0, 0.1) is 0 Å². The molecule has 16 heavy (non-hydrogen) atoms. The van der Waals surface area contributed by atoms with Gasteiger partial charge in [-0.25, -0.2) is 0 Å².